The molecule has 7 heteroatoms. The molecule has 3 rings (SSSR count). The van der Waals surface area contributed by atoms with Gasteiger partial charge in [-0.05, 0) is 24.8 Å². The molecule has 1 aromatic rings. The van der Waals surface area contributed by atoms with Crippen LogP contribution in [0.1, 0.15) is 38.2 Å². The van der Waals surface area contributed by atoms with E-state index in [1.54, 1.807) is 0 Å². The molecular weight excluding hydrogens is 356 g/mol. The Balaban J connectivity index is 1.52. The van der Waals surface area contributed by atoms with Crippen molar-refractivity contribution >= 4 is 24.1 Å². The summed E-state index contributed by atoms with van der Waals surface area (Å²) in [5.41, 5.74) is 1.30. The van der Waals surface area contributed by atoms with Crippen molar-refractivity contribution in [3.05, 3.63) is 35.9 Å². The summed E-state index contributed by atoms with van der Waals surface area (Å²) in [5, 5.41) is 2.27. The first-order valence-electron chi connectivity index (χ1n) is 10.0. The zero-order valence-electron chi connectivity index (χ0n) is 16.3. The predicted molar refractivity (Wildman–Crippen MR) is 107 cm³/mol. The molecule has 2 saturated heterocycles. The number of urea groups is 1. The number of aliphatic imine (C=N–C) groups is 1. The minimum absolute atomic E-state index is 0.106. The molecule has 1 N–H and O–H groups in total. The zero-order valence-corrected chi connectivity index (χ0v) is 16.3. The van der Waals surface area contributed by atoms with Gasteiger partial charge in [-0.2, -0.15) is 0 Å². The second-order valence-electron chi connectivity index (χ2n) is 7.41. The van der Waals surface area contributed by atoms with Crippen LogP contribution in [-0.2, 0) is 16.1 Å². The Bertz CT molecular complexity index is 726. The first-order valence-corrected chi connectivity index (χ1v) is 10.0. The van der Waals surface area contributed by atoms with Crippen molar-refractivity contribution in [3.8, 4) is 0 Å². The van der Waals surface area contributed by atoms with Crippen LogP contribution in [0.4, 0.5) is 4.79 Å². The van der Waals surface area contributed by atoms with Gasteiger partial charge < -0.3 is 0 Å². The third kappa shape index (κ3) is 5.04. The van der Waals surface area contributed by atoms with Crippen molar-refractivity contribution in [2.75, 3.05) is 19.6 Å². The topological polar surface area (TPSA) is 82.1 Å². The number of carbonyl (C=O) groups excluding carboxylic acids is 3. The van der Waals surface area contributed by atoms with E-state index in [9.17, 15) is 14.4 Å². The molecular formula is C21H28N4O3. The average molecular weight is 384 g/mol. The number of amides is 4. The van der Waals surface area contributed by atoms with Gasteiger partial charge in [0.1, 0.15) is 0 Å². The van der Waals surface area contributed by atoms with Gasteiger partial charge in [-0.1, -0.05) is 43.7 Å². The Labute approximate surface area is 165 Å². The lowest BCUT2D eigenvalue weighted by atomic mass is 10.0. The van der Waals surface area contributed by atoms with Crippen molar-refractivity contribution in [2.24, 2.45) is 10.9 Å². The summed E-state index contributed by atoms with van der Waals surface area (Å²) < 4.78 is 0. The van der Waals surface area contributed by atoms with Gasteiger partial charge >= 0.3 is 6.03 Å². The number of hydrogen-bond acceptors (Lipinski definition) is 5. The van der Waals surface area contributed by atoms with Crippen molar-refractivity contribution < 1.29 is 14.4 Å². The second kappa shape index (κ2) is 9.59. The lowest BCUT2D eigenvalue weighted by molar-refractivity contribution is -0.139. The number of hydrogen-bond donors (Lipinski definition) is 1. The van der Waals surface area contributed by atoms with E-state index in [4.69, 9.17) is 0 Å². The first kappa shape index (κ1) is 20.2. The van der Waals surface area contributed by atoms with E-state index in [1.807, 2.05) is 25.1 Å². The highest BCUT2D eigenvalue weighted by atomic mass is 16.2. The van der Waals surface area contributed by atoms with Crippen molar-refractivity contribution in [1.29, 1.82) is 0 Å². The standard InChI is InChI=1S/C21H28N4O3/c1-2-3-11-25-20(27)18(19(26)23-21(25)28)14-22-17-9-12-24(13-10-17)15-16-7-5-4-6-8-16/h4-8,14,17-18H,2-3,9-13,15H2,1H3,(H,23,26,28)/t18-/m0/s1. The number of nitrogens with zero attached hydrogens (tertiary/aromatic N) is 3. The number of carbonyl (C=O) groups is 3. The molecule has 7 nitrogen and oxygen atoms in total. The molecule has 1 aromatic carbocycles. The number of barbiturate groups is 1. The third-order valence-corrected chi connectivity index (χ3v) is 5.28. The quantitative estimate of drug-likeness (QED) is 0.577. The highest BCUT2D eigenvalue weighted by Crippen LogP contribution is 2.17. The van der Waals surface area contributed by atoms with Crippen LogP contribution >= 0.6 is 0 Å². The maximum Gasteiger partial charge on any atom is 0.330 e. The number of unbranched alkanes of at least 4 members (excludes halogenated alkanes) is 1. The normalized spacial score (nSPS) is 22.1. The molecule has 2 aliphatic heterocycles. The summed E-state index contributed by atoms with van der Waals surface area (Å²) >= 11 is 0. The summed E-state index contributed by atoms with van der Waals surface area (Å²) in [4.78, 5) is 44.5. The number of piperidine rings is 1. The molecule has 2 heterocycles. The molecule has 150 valence electrons. The van der Waals surface area contributed by atoms with Gasteiger partial charge in [0.2, 0.25) is 11.8 Å². The molecule has 28 heavy (non-hydrogen) atoms. The second-order valence-corrected chi connectivity index (χ2v) is 7.41. The van der Waals surface area contributed by atoms with E-state index >= 15 is 0 Å². The van der Waals surface area contributed by atoms with Crippen LogP contribution in [0.25, 0.3) is 0 Å². The van der Waals surface area contributed by atoms with E-state index in [2.05, 4.69) is 27.3 Å². The SMILES string of the molecule is CCCCN1C(=O)NC(=O)[C@H](C=NC2CCN(Cc3ccccc3)CC2)C1=O. The van der Waals surface area contributed by atoms with E-state index in [0.717, 1.165) is 50.2 Å². The fraction of sp³-hybridized carbons (Fsp3) is 0.524. The molecule has 2 aliphatic rings. The number of likely N-dealkylation sites (tertiary alicyclic amines) is 1. The minimum Gasteiger partial charge on any atom is -0.299 e. The highest BCUT2D eigenvalue weighted by molar-refractivity contribution is 6.23. The average Bonchev–Trinajstić information content (AvgIpc) is 2.69. The highest BCUT2D eigenvalue weighted by Gasteiger charge is 2.39. The van der Waals surface area contributed by atoms with Gasteiger partial charge in [-0.3, -0.25) is 29.7 Å². The van der Waals surface area contributed by atoms with E-state index in [0.29, 0.717) is 6.54 Å². The maximum absolute atomic E-state index is 12.5. The number of nitrogens with one attached hydrogen (secondary N) is 1. The summed E-state index contributed by atoms with van der Waals surface area (Å²) in [6.07, 6.45) is 4.82. The number of benzene rings is 1. The zero-order chi connectivity index (χ0) is 19.9. The van der Waals surface area contributed by atoms with Crippen molar-refractivity contribution in [3.63, 3.8) is 0 Å². The summed E-state index contributed by atoms with van der Waals surface area (Å²) in [6, 6.07) is 9.85. The molecule has 4 amide bonds. The van der Waals surface area contributed by atoms with Gasteiger partial charge in [0.05, 0.1) is 6.04 Å². The Morgan fingerprint density at radius 2 is 1.86 bits per heavy atom. The largest absolute Gasteiger partial charge is 0.330 e. The van der Waals surface area contributed by atoms with Gasteiger partial charge in [-0.15, -0.1) is 0 Å². The Hall–Kier alpha value is -2.54. The van der Waals surface area contributed by atoms with Crippen LogP contribution in [0.5, 0.6) is 0 Å². The Kier molecular flexibility index (Phi) is 6.92. The third-order valence-electron chi connectivity index (χ3n) is 5.28. The summed E-state index contributed by atoms with van der Waals surface area (Å²) in [5.74, 6) is -2.04. The first-order chi connectivity index (χ1) is 13.6. The van der Waals surface area contributed by atoms with Crippen LogP contribution < -0.4 is 5.32 Å². The number of rotatable bonds is 7. The molecule has 0 unspecified atom stereocenters. The van der Waals surface area contributed by atoms with Crippen LogP contribution in [-0.4, -0.2) is 59.5 Å². The van der Waals surface area contributed by atoms with E-state index < -0.39 is 23.8 Å². The lowest BCUT2D eigenvalue weighted by Crippen LogP contribution is -2.58. The Morgan fingerprint density at radius 3 is 2.54 bits per heavy atom. The smallest absolute Gasteiger partial charge is 0.299 e. The van der Waals surface area contributed by atoms with E-state index in [-0.39, 0.29) is 6.04 Å². The van der Waals surface area contributed by atoms with Gasteiger partial charge in [0.15, 0.2) is 5.92 Å². The van der Waals surface area contributed by atoms with E-state index in [1.165, 1.54) is 11.8 Å². The van der Waals surface area contributed by atoms with Crippen LogP contribution in [0.15, 0.2) is 35.3 Å². The van der Waals surface area contributed by atoms with Crippen LogP contribution in [0.2, 0.25) is 0 Å². The molecule has 0 aromatic heterocycles. The fourth-order valence-electron chi connectivity index (χ4n) is 3.57. The monoisotopic (exact) mass is 384 g/mol. The molecule has 2 fully saturated rings. The fourth-order valence-corrected chi connectivity index (χ4v) is 3.57. The summed E-state index contributed by atoms with van der Waals surface area (Å²) in [7, 11) is 0. The van der Waals surface area contributed by atoms with Gasteiger partial charge in [-0.25, -0.2) is 4.79 Å². The predicted octanol–water partition coefficient (Wildman–Crippen LogP) is 2.22. The van der Waals surface area contributed by atoms with Crippen molar-refractivity contribution in [1.82, 2.24) is 15.1 Å². The molecule has 0 saturated carbocycles. The molecule has 1 atom stereocenters. The minimum atomic E-state index is -1.00. The Morgan fingerprint density at radius 1 is 1.14 bits per heavy atom. The molecule has 0 bridgehead atoms. The summed E-state index contributed by atoms with van der Waals surface area (Å²) in [6.45, 7) is 5.11. The maximum atomic E-state index is 12.5. The number of imide groups is 2. The van der Waals surface area contributed by atoms with Gasteiger partial charge in [0, 0.05) is 32.4 Å². The molecule has 0 radical (unpaired) electrons. The van der Waals surface area contributed by atoms with Gasteiger partial charge in [0.25, 0.3) is 0 Å². The molecule has 0 spiro atoms. The lowest BCUT2D eigenvalue weighted by Gasteiger charge is -2.31. The van der Waals surface area contributed by atoms with Crippen LogP contribution in [0.3, 0.4) is 0 Å². The molecule has 0 aliphatic carbocycles. The van der Waals surface area contributed by atoms with Crippen molar-refractivity contribution in [2.45, 2.75) is 45.2 Å². The van der Waals surface area contributed by atoms with Crippen LogP contribution in [0, 0.1) is 5.92 Å².